The van der Waals surface area contributed by atoms with E-state index in [4.69, 9.17) is 9.26 Å². The molecule has 1 atom stereocenters. The van der Waals surface area contributed by atoms with Gasteiger partial charge in [0.25, 0.3) is 0 Å². The van der Waals surface area contributed by atoms with E-state index in [-0.39, 0.29) is 23.8 Å². The molecule has 1 fully saturated rings. The molecule has 1 aromatic heterocycles. The molecule has 1 heterocycles. The Morgan fingerprint density at radius 2 is 1.79 bits per heavy atom. The Bertz CT molecular complexity index is 1260. The minimum absolute atomic E-state index is 0.0218. The van der Waals surface area contributed by atoms with Gasteiger partial charge in [-0.15, -0.1) is 0 Å². The molecule has 0 amide bonds. The van der Waals surface area contributed by atoms with Crippen molar-refractivity contribution >= 4 is 33.3 Å². The topological polar surface area (TPSA) is 69.4 Å². The fraction of sp³-hybridized carbons (Fsp3) is 0.174. The molecule has 5 rings (SSSR count). The van der Waals surface area contributed by atoms with Gasteiger partial charge in [-0.2, -0.15) is 0 Å². The van der Waals surface area contributed by atoms with Crippen molar-refractivity contribution in [3.05, 3.63) is 66.1 Å². The smallest absolute Gasteiger partial charge is 0.167 e. The fourth-order valence-corrected chi connectivity index (χ4v) is 3.87. The summed E-state index contributed by atoms with van der Waals surface area (Å²) in [5, 5.41) is 6.77. The van der Waals surface area contributed by atoms with E-state index in [2.05, 4.69) is 5.16 Å². The molecule has 0 radical (unpaired) electrons. The highest BCUT2D eigenvalue weighted by Gasteiger charge is 2.32. The largest absolute Gasteiger partial charge is 0.457 e. The second-order valence-corrected chi connectivity index (χ2v) is 7.22. The van der Waals surface area contributed by atoms with E-state index >= 15 is 0 Å². The van der Waals surface area contributed by atoms with E-state index in [1.54, 1.807) is 12.1 Å². The lowest BCUT2D eigenvalue weighted by Crippen LogP contribution is -2.23. The zero-order valence-electron chi connectivity index (χ0n) is 15.4. The molecule has 0 bridgehead atoms. The SMILES string of the molecule is O=C1CC[C@@H](c2noc3ccc4cc(Oc5ccc(F)cc5)ccc4c23)C(=O)C1. The first-order valence-electron chi connectivity index (χ1n) is 9.38. The van der Waals surface area contributed by atoms with Crippen LogP contribution in [0, 0.1) is 5.82 Å². The zero-order chi connectivity index (χ0) is 20.0. The lowest BCUT2D eigenvalue weighted by atomic mass is 9.83. The van der Waals surface area contributed by atoms with E-state index in [0.29, 0.717) is 35.6 Å². The number of hydrogen-bond acceptors (Lipinski definition) is 5. The number of carbonyl (C=O) groups excluding carboxylic acids is 2. The van der Waals surface area contributed by atoms with Gasteiger partial charge in [-0.25, -0.2) is 4.39 Å². The van der Waals surface area contributed by atoms with Crippen LogP contribution in [0.15, 0.2) is 59.1 Å². The summed E-state index contributed by atoms with van der Waals surface area (Å²) in [6.45, 7) is 0. The van der Waals surface area contributed by atoms with E-state index in [1.165, 1.54) is 12.1 Å². The number of carbonyl (C=O) groups is 2. The maximum atomic E-state index is 13.1. The second kappa shape index (κ2) is 6.81. The van der Waals surface area contributed by atoms with Crippen LogP contribution in [0.4, 0.5) is 4.39 Å². The van der Waals surface area contributed by atoms with Gasteiger partial charge >= 0.3 is 0 Å². The van der Waals surface area contributed by atoms with Crippen molar-refractivity contribution < 1.29 is 23.2 Å². The minimum atomic E-state index is -0.422. The monoisotopic (exact) mass is 389 g/mol. The molecule has 0 saturated heterocycles. The Kier molecular flexibility index (Phi) is 4.12. The van der Waals surface area contributed by atoms with Crippen molar-refractivity contribution in [3.8, 4) is 11.5 Å². The Labute approximate surface area is 165 Å². The van der Waals surface area contributed by atoms with Crippen LogP contribution >= 0.6 is 0 Å². The summed E-state index contributed by atoms with van der Waals surface area (Å²) in [4.78, 5) is 24.0. The molecule has 0 N–H and O–H groups in total. The number of halogens is 1. The molecule has 1 aliphatic carbocycles. The van der Waals surface area contributed by atoms with Gasteiger partial charge in [0.15, 0.2) is 5.58 Å². The van der Waals surface area contributed by atoms with Crippen molar-refractivity contribution in [2.45, 2.75) is 25.2 Å². The molecule has 4 aromatic rings. The van der Waals surface area contributed by atoms with Gasteiger partial charge in [-0.3, -0.25) is 9.59 Å². The third kappa shape index (κ3) is 3.16. The van der Waals surface area contributed by atoms with Crippen LogP contribution in [0.2, 0.25) is 0 Å². The van der Waals surface area contributed by atoms with E-state index in [0.717, 1.165) is 16.2 Å². The Hall–Kier alpha value is -3.54. The number of Topliss-reactive ketones (excluding diaryl/α,β-unsaturated/α-hetero) is 2. The molecule has 144 valence electrons. The van der Waals surface area contributed by atoms with E-state index in [9.17, 15) is 14.0 Å². The maximum Gasteiger partial charge on any atom is 0.167 e. The van der Waals surface area contributed by atoms with Crippen molar-refractivity contribution in [2.24, 2.45) is 0 Å². The van der Waals surface area contributed by atoms with Crippen LogP contribution in [-0.4, -0.2) is 16.7 Å². The number of nitrogens with zero attached hydrogens (tertiary/aromatic N) is 1. The maximum absolute atomic E-state index is 13.1. The van der Waals surface area contributed by atoms with Gasteiger partial charge < -0.3 is 9.26 Å². The van der Waals surface area contributed by atoms with Crippen molar-refractivity contribution in [1.82, 2.24) is 5.16 Å². The Morgan fingerprint density at radius 1 is 1.00 bits per heavy atom. The summed E-state index contributed by atoms with van der Waals surface area (Å²) in [6, 6.07) is 15.1. The first kappa shape index (κ1) is 17.6. The summed E-state index contributed by atoms with van der Waals surface area (Å²) < 4.78 is 24.4. The quantitative estimate of drug-likeness (QED) is 0.444. The number of aromatic nitrogens is 1. The van der Waals surface area contributed by atoms with Gasteiger partial charge in [-0.05, 0) is 65.7 Å². The Morgan fingerprint density at radius 3 is 2.59 bits per heavy atom. The van der Waals surface area contributed by atoms with Gasteiger partial charge in [0.05, 0.1) is 17.7 Å². The molecule has 0 aliphatic heterocycles. The number of hydrogen-bond donors (Lipinski definition) is 0. The summed E-state index contributed by atoms with van der Waals surface area (Å²) in [6.07, 6.45) is 0.798. The number of ether oxygens (including phenoxy) is 1. The highest BCUT2D eigenvalue weighted by molar-refractivity contribution is 6.11. The Balaban J connectivity index is 1.56. The average molecular weight is 389 g/mol. The molecule has 1 aliphatic rings. The van der Waals surface area contributed by atoms with E-state index in [1.807, 2.05) is 30.3 Å². The van der Waals surface area contributed by atoms with Crippen LogP contribution in [-0.2, 0) is 9.59 Å². The molecule has 6 heteroatoms. The van der Waals surface area contributed by atoms with Gasteiger partial charge in [0.2, 0.25) is 0 Å². The summed E-state index contributed by atoms with van der Waals surface area (Å²) in [5.74, 6) is 0.277. The lowest BCUT2D eigenvalue weighted by molar-refractivity contribution is -0.130. The summed E-state index contributed by atoms with van der Waals surface area (Å²) >= 11 is 0. The van der Waals surface area contributed by atoms with Crippen molar-refractivity contribution in [1.29, 1.82) is 0 Å². The predicted octanol–water partition coefficient (Wildman–Crippen LogP) is 5.32. The molecule has 0 unspecified atom stereocenters. The molecule has 5 nitrogen and oxygen atoms in total. The molecule has 3 aromatic carbocycles. The summed E-state index contributed by atoms with van der Waals surface area (Å²) in [7, 11) is 0. The van der Waals surface area contributed by atoms with Crippen LogP contribution in [0.25, 0.3) is 21.7 Å². The van der Waals surface area contributed by atoms with Crippen molar-refractivity contribution in [2.75, 3.05) is 0 Å². The first-order valence-corrected chi connectivity index (χ1v) is 9.38. The highest BCUT2D eigenvalue weighted by Crippen LogP contribution is 2.37. The van der Waals surface area contributed by atoms with Gasteiger partial charge in [0.1, 0.15) is 34.6 Å². The molecule has 1 saturated carbocycles. The average Bonchev–Trinajstić information content (AvgIpc) is 3.14. The standard InChI is InChI=1S/C23H16FNO4/c24-14-2-5-16(6-3-14)28-17-7-9-18-13(11-17)1-10-21-22(18)23(25-29-21)19-8-4-15(26)12-20(19)27/h1-3,5-7,9-11,19H,4,8,12H2/t19-/m1/s1. The van der Waals surface area contributed by atoms with Crippen molar-refractivity contribution in [3.63, 3.8) is 0 Å². The van der Waals surface area contributed by atoms with Gasteiger partial charge in [0, 0.05) is 6.42 Å². The highest BCUT2D eigenvalue weighted by atomic mass is 19.1. The third-order valence-electron chi connectivity index (χ3n) is 5.30. The molecular weight excluding hydrogens is 373 g/mol. The van der Waals surface area contributed by atoms with Crippen LogP contribution in [0.5, 0.6) is 11.5 Å². The summed E-state index contributed by atoms with van der Waals surface area (Å²) in [5.41, 5.74) is 1.19. The van der Waals surface area contributed by atoms with Crippen LogP contribution in [0.3, 0.4) is 0 Å². The van der Waals surface area contributed by atoms with E-state index < -0.39 is 5.92 Å². The number of ketones is 2. The predicted molar refractivity (Wildman–Crippen MR) is 105 cm³/mol. The lowest BCUT2D eigenvalue weighted by Gasteiger charge is -2.18. The first-order chi connectivity index (χ1) is 14.1. The van der Waals surface area contributed by atoms with Gasteiger partial charge in [-0.1, -0.05) is 11.2 Å². The molecule has 29 heavy (non-hydrogen) atoms. The normalized spacial score (nSPS) is 17.2. The number of benzene rings is 3. The second-order valence-electron chi connectivity index (χ2n) is 7.22. The van der Waals surface area contributed by atoms with Crippen LogP contribution < -0.4 is 4.74 Å². The number of rotatable bonds is 3. The van der Waals surface area contributed by atoms with Crippen LogP contribution in [0.1, 0.15) is 30.9 Å². The fourth-order valence-electron chi connectivity index (χ4n) is 3.87. The third-order valence-corrected chi connectivity index (χ3v) is 5.30. The molecular formula is C23H16FNO4. The molecule has 0 spiro atoms. The number of fused-ring (bicyclic) bond motifs is 3. The minimum Gasteiger partial charge on any atom is -0.457 e. The zero-order valence-corrected chi connectivity index (χ0v) is 15.4.